The lowest BCUT2D eigenvalue weighted by molar-refractivity contribution is -0.148. The average molecular weight is 410 g/mol. The Hall–Kier alpha value is -0.280. The molecule has 2 heterocycles. The predicted octanol–water partition coefficient (Wildman–Crippen LogP) is 1.99. The summed E-state index contributed by atoms with van der Waals surface area (Å²) in [5.74, 6) is 0.319. The number of nitrogens with one attached hydrogen (secondary N) is 2. The summed E-state index contributed by atoms with van der Waals surface area (Å²) in [5, 5.41) is 6.04. The zero-order valence-electron chi connectivity index (χ0n) is 14.3. The highest BCUT2D eigenvalue weighted by Gasteiger charge is 2.32. The van der Waals surface area contributed by atoms with Gasteiger partial charge in [-0.1, -0.05) is 0 Å². The lowest BCUT2D eigenvalue weighted by Gasteiger charge is -2.32. The molecule has 2 N–H and O–H groups in total. The van der Waals surface area contributed by atoms with Crippen LogP contribution in [0.3, 0.4) is 0 Å². The molecule has 0 aromatic heterocycles. The van der Waals surface area contributed by atoms with Crippen LogP contribution < -0.4 is 10.6 Å². The number of alkyl halides is 3. The van der Waals surface area contributed by atoms with Crippen LogP contribution in [0.5, 0.6) is 0 Å². The Morgan fingerprint density at radius 3 is 2.48 bits per heavy atom. The molecule has 2 atom stereocenters. The van der Waals surface area contributed by atoms with E-state index < -0.39 is 12.7 Å². The number of hydrogen-bond donors (Lipinski definition) is 2. The highest BCUT2D eigenvalue weighted by atomic mass is 35.5. The molecule has 10 heteroatoms. The second-order valence-electron chi connectivity index (χ2n) is 6.42. The van der Waals surface area contributed by atoms with Crippen LogP contribution in [0, 0.1) is 5.92 Å². The third kappa shape index (κ3) is 8.77. The number of carbonyl (C=O) groups excluding carboxylic acids is 1. The first-order valence-electron chi connectivity index (χ1n) is 8.27. The monoisotopic (exact) mass is 409 g/mol. The molecule has 0 unspecified atom stereocenters. The number of likely N-dealkylation sites (tertiary alicyclic amines) is 1. The second-order valence-corrected chi connectivity index (χ2v) is 6.42. The molecule has 2 fully saturated rings. The van der Waals surface area contributed by atoms with Gasteiger partial charge in [0.2, 0.25) is 5.91 Å². The molecule has 0 spiro atoms. The van der Waals surface area contributed by atoms with E-state index in [4.69, 9.17) is 4.74 Å². The molecule has 2 aliphatic heterocycles. The molecule has 2 aliphatic rings. The largest absolute Gasteiger partial charge is 0.401 e. The third-order valence-corrected chi connectivity index (χ3v) is 4.56. The molecule has 2 rings (SSSR count). The molecule has 0 bridgehead atoms. The van der Waals surface area contributed by atoms with E-state index in [2.05, 4.69) is 10.6 Å². The summed E-state index contributed by atoms with van der Waals surface area (Å²) in [4.78, 5) is 13.5. The summed E-state index contributed by atoms with van der Waals surface area (Å²) in [5.41, 5.74) is 0. The van der Waals surface area contributed by atoms with Crippen molar-refractivity contribution in [3.8, 4) is 0 Å². The highest BCUT2D eigenvalue weighted by molar-refractivity contribution is 5.85. The van der Waals surface area contributed by atoms with E-state index in [1.165, 1.54) is 4.90 Å². The van der Waals surface area contributed by atoms with Crippen LogP contribution >= 0.6 is 24.8 Å². The minimum absolute atomic E-state index is 0. The van der Waals surface area contributed by atoms with Gasteiger partial charge in [-0.3, -0.25) is 9.69 Å². The topological polar surface area (TPSA) is 53.6 Å². The number of halogens is 5. The van der Waals surface area contributed by atoms with Gasteiger partial charge in [0.25, 0.3) is 0 Å². The first-order chi connectivity index (χ1) is 10.8. The quantitative estimate of drug-likeness (QED) is 0.728. The van der Waals surface area contributed by atoms with Gasteiger partial charge in [-0.25, -0.2) is 0 Å². The molecule has 0 aromatic rings. The van der Waals surface area contributed by atoms with Crippen molar-refractivity contribution in [3.05, 3.63) is 0 Å². The number of morpholine rings is 1. The SMILES string of the molecule is C[C@H]1OCCN[C@@H]1C(=O)NCCC1CCN(CC(F)(F)F)CC1.Cl.Cl. The van der Waals surface area contributed by atoms with Gasteiger partial charge in [-0.15, -0.1) is 24.8 Å². The Morgan fingerprint density at radius 2 is 1.92 bits per heavy atom. The van der Waals surface area contributed by atoms with Gasteiger partial charge >= 0.3 is 6.18 Å². The molecule has 5 nitrogen and oxygen atoms in total. The maximum Gasteiger partial charge on any atom is 0.401 e. The van der Waals surface area contributed by atoms with E-state index in [0.29, 0.717) is 38.7 Å². The molecule has 25 heavy (non-hydrogen) atoms. The fourth-order valence-corrected chi connectivity index (χ4v) is 3.22. The molecule has 0 aliphatic carbocycles. The number of piperidine rings is 1. The fraction of sp³-hybridized carbons (Fsp3) is 0.933. The van der Waals surface area contributed by atoms with Gasteiger partial charge in [-0.2, -0.15) is 13.2 Å². The first-order valence-corrected chi connectivity index (χ1v) is 8.27. The van der Waals surface area contributed by atoms with Crippen molar-refractivity contribution in [1.29, 1.82) is 0 Å². The van der Waals surface area contributed by atoms with Crippen molar-refractivity contribution >= 4 is 30.7 Å². The van der Waals surface area contributed by atoms with Crippen molar-refractivity contribution in [1.82, 2.24) is 15.5 Å². The summed E-state index contributed by atoms with van der Waals surface area (Å²) in [6.07, 6.45) is -1.94. The Bertz CT molecular complexity index is 395. The number of rotatable bonds is 5. The van der Waals surface area contributed by atoms with E-state index in [-0.39, 0.29) is 42.9 Å². The molecular weight excluding hydrogens is 382 g/mol. The van der Waals surface area contributed by atoms with Gasteiger partial charge in [0.1, 0.15) is 6.04 Å². The highest BCUT2D eigenvalue weighted by Crippen LogP contribution is 2.24. The lowest BCUT2D eigenvalue weighted by atomic mass is 9.93. The van der Waals surface area contributed by atoms with Crippen molar-refractivity contribution < 1.29 is 22.7 Å². The Labute approximate surface area is 159 Å². The van der Waals surface area contributed by atoms with Gasteiger partial charge in [-0.05, 0) is 45.2 Å². The maximum absolute atomic E-state index is 12.3. The zero-order chi connectivity index (χ0) is 16.9. The molecule has 0 saturated carbocycles. The van der Waals surface area contributed by atoms with Crippen LogP contribution in [0.4, 0.5) is 13.2 Å². The number of amides is 1. The Kier molecular flexibility index (Phi) is 11.3. The number of ether oxygens (including phenoxy) is 1. The van der Waals surface area contributed by atoms with E-state index in [1.54, 1.807) is 0 Å². The predicted molar refractivity (Wildman–Crippen MR) is 94.5 cm³/mol. The molecular formula is C15H28Cl2F3N3O2. The van der Waals surface area contributed by atoms with Gasteiger partial charge in [0.05, 0.1) is 19.3 Å². The van der Waals surface area contributed by atoms with E-state index in [0.717, 1.165) is 19.3 Å². The molecule has 2 saturated heterocycles. The Balaban J connectivity index is 0.00000288. The summed E-state index contributed by atoms with van der Waals surface area (Å²) in [6, 6.07) is -0.322. The van der Waals surface area contributed by atoms with Gasteiger partial charge in [0, 0.05) is 13.1 Å². The van der Waals surface area contributed by atoms with Crippen molar-refractivity contribution in [3.63, 3.8) is 0 Å². The van der Waals surface area contributed by atoms with Crippen LogP contribution in [0.1, 0.15) is 26.2 Å². The summed E-state index contributed by atoms with van der Waals surface area (Å²) < 4.78 is 42.4. The third-order valence-electron chi connectivity index (χ3n) is 4.56. The number of carbonyl (C=O) groups is 1. The van der Waals surface area contributed by atoms with Crippen LogP contribution in [-0.2, 0) is 9.53 Å². The molecule has 1 amide bonds. The standard InChI is InChI=1S/C15H26F3N3O2.2ClH/c1-11-13(19-6-9-23-11)14(22)20-5-2-12-3-7-21(8-4-12)10-15(16,17)18;;/h11-13,19H,2-10H2,1H3,(H,20,22);2*1H/t11-,13+;;/m1../s1. The van der Waals surface area contributed by atoms with Crippen LogP contribution in [0.2, 0.25) is 0 Å². The summed E-state index contributed by atoms with van der Waals surface area (Å²) >= 11 is 0. The van der Waals surface area contributed by atoms with Crippen molar-refractivity contribution in [2.45, 2.75) is 44.5 Å². The summed E-state index contributed by atoms with van der Waals surface area (Å²) in [7, 11) is 0. The first kappa shape index (κ1) is 24.7. The fourth-order valence-electron chi connectivity index (χ4n) is 3.22. The van der Waals surface area contributed by atoms with Crippen LogP contribution in [0.15, 0.2) is 0 Å². The van der Waals surface area contributed by atoms with E-state index in [1.807, 2.05) is 6.92 Å². The van der Waals surface area contributed by atoms with Crippen LogP contribution in [-0.4, -0.2) is 68.5 Å². The normalized spacial score (nSPS) is 25.6. The molecule has 0 aromatic carbocycles. The summed E-state index contributed by atoms with van der Waals surface area (Å²) in [6.45, 7) is 3.85. The van der Waals surface area contributed by atoms with Gasteiger partial charge in [0.15, 0.2) is 0 Å². The minimum atomic E-state index is -4.12. The maximum atomic E-state index is 12.3. The molecule has 150 valence electrons. The second kappa shape index (κ2) is 11.4. The number of hydrogen-bond acceptors (Lipinski definition) is 4. The number of nitrogens with zero attached hydrogens (tertiary/aromatic N) is 1. The molecule has 0 radical (unpaired) electrons. The Morgan fingerprint density at radius 1 is 1.28 bits per heavy atom. The lowest BCUT2D eigenvalue weighted by Crippen LogP contribution is -2.55. The zero-order valence-corrected chi connectivity index (χ0v) is 15.9. The van der Waals surface area contributed by atoms with E-state index >= 15 is 0 Å². The average Bonchev–Trinajstić information content (AvgIpc) is 2.48. The van der Waals surface area contributed by atoms with Crippen molar-refractivity contribution in [2.75, 3.05) is 39.3 Å². The van der Waals surface area contributed by atoms with Crippen LogP contribution in [0.25, 0.3) is 0 Å². The van der Waals surface area contributed by atoms with E-state index in [9.17, 15) is 18.0 Å². The smallest absolute Gasteiger partial charge is 0.375 e. The van der Waals surface area contributed by atoms with Crippen molar-refractivity contribution in [2.24, 2.45) is 5.92 Å². The minimum Gasteiger partial charge on any atom is -0.375 e. The van der Waals surface area contributed by atoms with Gasteiger partial charge < -0.3 is 15.4 Å².